The van der Waals surface area contributed by atoms with Crippen LogP contribution in [-0.4, -0.2) is 12.4 Å². The monoisotopic (exact) mass is 322 g/mol. The van der Waals surface area contributed by atoms with Crippen LogP contribution in [0.15, 0.2) is 36.4 Å². The van der Waals surface area contributed by atoms with Crippen molar-refractivity contribution >= 4 is 28.7 Å². The van der Waals surface area contributed by atoms with E-state index in [-0.39, 0.29) is 17.8 Å². The Morgan fingerprint density at radius 2 is 1.86 bits per heavy atom. The molecule has 0 spiro atoms. The van der Waals surface area contributed by atoms with Crippen LogP contribution in [-0.2, 0) is 5.41 Å². The quantitative estimate of drug-likeness (QED) is 0.670. The molecule has 4 heteroatoms. The smallest absolute Gasteiger partial charge is 0.210 e. The van der Waals surface area contributed by atoms with E-state index in [9.17, 15) is 4.79 Å². The van der Waals surface area contributed by atoms with Gasteiger partial charge in [-0.05, 0) is 41.7 Å². The van der Waals surface area contributed by atoms with Crippen LogP contribution in [0.5, 0.6) is 5.75 Å². The molecule has 0 N–H and O–H groups in total. The van der Waals surface area contributed by atoms with Gasteiger partial charge in [-0.2, -0.15) is 0 Å². The van der Waals surface area contributed by atoms with Crippen LogP contribution in [0.3, 0.4) is 0 Å². The summed E-state index contributed by atoms with van der Waals surface area (Å²) in [6, 6.07) is 11.4. The summed E-state index contributed by atoms with van der Waals surface area (Å²) in [6.45, 7) is 6.64. The molecule has 0 amide bonds. The second kappa shape index (κ2) is 6.63. The van der Waals surface area contributed by atoms with E-state index < -0.39 is 0 Å². The van der Waals surface area contributed by atoms with E-state index in [2.05, 4.69) is 32.9 Å². The molecule has 1 heterocycles. The van der Waals surface area contributed by atoms with Gasteiger partial charge in [-0.3, -0.25) is 4.79 Å². The van der Waals surface area contributed by atoms with E-state index in [0.717, 1.165) is 6.42 Å². The van der Waals surface area contributed by atoms with Crippen molar-refractivity contribution in [3.05, 3.63) is 51.2 Å². The number of hydrogen-bond donors (Lipinski definition) is 0. The van der Waals surface area contributed by atoms with E-state index in [1.807, 2.05) is 12.1 Å². The summed E-state index contributed by atoms with van der Waals surface area (Å²) in [7, 11) is 0. The third-order valence-electron chi connectivity index (χ3n) is 3.74. The molecular weight excluding hydrogens is 304 g/mol. The third-order valence-corrected chi connectivity index (χ3v) is 5.01. The van der Waals surface area contributed by atoms with Crippen molar-refractivity contribution in [3.63, 3.8) is 0 Å². The summed E-state index contributed by atoms with van der Waals surface area (Å²) < 4.78 is 6.16. The zero-order chi connectivity index (χ0) is 15.5. The summed E-state index contributed by atoms with van der Waals surface area (Å²) in [5.74, 6) is 0.659. The van der Waals surface area contributed by atoms with Crippen molar-refractivity contribution in [1.82, 2.24) is 0 Å². The van der Waals surface area contributed by atoms with Gasteiger partial charge in [-0.1, -0.05) is 44.5 Å². The first-order valence-corrected chi connectivity index (χ1v) is 8.13. The molecule has 0 unspecified atom stereocenters. The largest absolute Gasteiger partial charge is 0.485 e. The number of halogens is 1. The highest BCUT2D eigenvalue weighted by Crippen LogP contribution is 2.28. The molecule has 112 valence electrons. The SMILES string of the molecule is CCC(C)(C)c1ccc(OCC(=O)c2ccc(Cl)s2)cc1. The number of carbonyl (C=O) groups is 1. The Morgan fingerprint density at radius 3 is 2.38 bits per heavy atom. The second-order valence-electron chi connectivity index (χ2n) is 5.58. The van der Waals surface area contributed by atoms with Crippen molar-refractivity contribution in [3.8, 4) is 5.75 Å². The molecule has 0 saturated heterocycles. The van der Waals surface area contributed by atoms with Gasteiger partial charge < -0.3 is 4.74 Å². The molecular formula is C17H19ClO2S. The van der Waals surface area contributed by atoms with E-state index in [1.165, 1.54) is 16.9 Å². The normalized spacial score (nSPS) is 11.4. The van der Waals surface area contributed by atoms with Gasteiger partial charge in [0.25, 0.3) is 0 Å². The number of thiophene rings is 1. The lowest BCUT2D eigenvalue weighted by Gasteiger charge is -2.23. The Kier molecular flexibility index (Phi) is 5.07. The van der Waals surface area contributed by atoms with Crippen LogP contribution in [0, 0.1) is 0 Å². The standard InChI is InChI=1S/C17H19ClO2S/c1-4-17(2,3)12-5-7-13(8-6-12)20-11-14(19)15-9-10-16(18)21-15/h5-10H,4,11H2,1-3H3. The minimum atomic E-state index is -0.0511. The number of ether oxygens (including phenoxy) is 1. The Balaban J connectivity index is 1.96. The highest BCUT2D eigenvalue weighted by atomic mass is 35.5. The van der Waals surface area contributed by atoms with Gasteiger partial charge in [0, 0.05) is 0 Å². The fraction of sp³-hybridized carbons (Fsp3) is 0.353. The Labute approximate surface area is 134 Å². The first-order chi connectivity index (χ1) is 9.92. The van der Waals surface area contributed by atoms with Gasteiger partial charge in [-0.25, -0.2) is 0 Å². The molecule has 0 aliphatic heterocycles. The molecule has 0 atom stereocenters. The maximum atomic E-state index is 11.9. The maximum Gasteiger partial charge on any atom is 0.210 e. The fourth-order valence-corrected chi connectivity index (χ4v) is 2.86. The van der Waals surface area contributed by atoms with Crippen LogP contribution in [0.2, 0.25) is 4.34 Å². The number of ketones is 1. The Morgan fingerprint density at radius 1 is 1.19 bits per heavy atom. The molecule has 21 heavy (non-hydrogen) atoms. The minimum absolute atomic E-state index is 0.0351. The molecule has 2 aromatic rings. The predicted molar refractivity (Wildman–Crippen MR) is 88.9 cm³/mol. The lowest BCUT2D eigenvalue weighted by atomic mass is 9.82. The van der Waals surface area contributed by atoms with Gasteiger partial charge >= 0.3 is 0 Å². The van der Waals surface area contributed by atoms with Gasteiger partial charge in [0.2, 0.25) is 5.78 Å². The lowest BCUT2D eigenvalue weighted by molar-refractivity contribution is 0.0925. The fourth-order valence-electron chi connectivity index (χ4n) is 1.89. The molecule has 0 fully saturated rings. The van der Waals surface area contributed by atoms with Crippen LogP contribution in [0.25, 0.3) is 0 Å². The van der Waals surface area contributed by atoms with Crippen molar-refractivity contribution in [2.24, 2.45) is 0 Å². The zero-order valence-corrected chi connectivity index (χ0v) is 14.1. The van der Waals surface area contributed by atoms with Crippen molar-refractivity contribution in [2.75, 3.05) is 6.61 Å². The number of carbonyl (C=O) groups excluding carboxylic acids is 1. The average Bonchev–Trinajstić information content (AvgIpc) is 2.92. The third kappa shape index (κ3) is 4.08. The van der Waals surface area contributed by atoms with Crippen molar-refractivity contribution < 1.29 is 9.53 Å². The second-order valence-corrected chi connectivity index (χ2v) is 7.29. The molecule has 2 nitrogen and oxygen atoms in total. The minimum Gasteiger partial charge on any atom is -0.485 e. The van der Waals surface area contributed by atoms with Gasteiger partial charge in [0.05, 0.1) is 9.21 Å². The molecule has 0 bridgehead atoms. The first-order valence-electron chi connectivity index (χ1n) is 6.94. The highest BCUT2D eigenvalue weighted by molar-refractivity contribution is 7.18. The topological polar surface area (TPSA) is 26.3 Å². The molecule has 1 aromatic heterocycles. The lowest BCUT2D eigenvalue weighted by Crippen LogP contribution is -2.15. The summed E-state index contributed by atoms with van der Waals surface area (Å²) in [6.07, 6.45) is 1.07. The van der Waals surface area contributed by atoms with E-state index >= 15 is 0 Å². The number of benzene rings is 1. The molecule has 2 rings (SSSR count). The van der Waals surface area contributed by atoms with Crippen molar-refractivity contribution in [2.45, 2.75) is 32.6 Å². The maximum absolute atomic E-state index is 11.9. The van der Waals surface area contributed by atoms with Crippen LogP contribution >= 0.6 is 22.9 Å². The molecule has 0 radical (unpaired) electrons. The number of rotatable bonds is 6. The molecule has 0 aliphatic rings. The van der Waals surface area contributed by atoms with E-state index in [4.69, 9.17) is 16.3 Å². The highest BCUT2D eigenvalue weighted by Gasteiger charge is 2.17. The Hall–Kier alpha value is -1.32. The summed E-state index contributed by atoms with van der Waals surface area (Å²) in [4.78, 5) is 12.6. The van der Waals surface area contributed by atoms with Gasteiger partial charge in [0.1, 0.15) is 5.75 Å². The van der Waals surface area contributed by atoms with Crippen LogP contribution in [0.4, 0.5) is 0 Å². The van der Waals surface area contributed by atoms with E-state index in [0.29, 0.717) is 15.0 Å². The van der Waals surface area contributed by atoms with Crippen molar-refractivity contribution in [1.29, 1.82) is 0 Å². The zero-order valence-electron chi connectivity index (χ0n) is 12.5. The summed E-state index contributed by atoms with van der Waals surface area (Å²) in [5.41, 5.74) is 1.43. The molecule has 1 aromatic carbocycles. The summed E-state index contributed by atoms with van der Waals surface area (Å²) >= 11 is 7.10. The number of Topliss-reactive ketones (excluding diaryl/α,β-unsaturated/α-hetero) is 1. The first kappa shape index (κ1) is 16.1. The summed E-state index contributed by atoms with van der Waals surface area (Å²) in [5, 5.41) is 0. The molecule has 0 saturated carbocycles. The van der Waals surface area contributed by atoms with Crippen LogP contribution in [0.1, 0.15) is 42.4 Å². The average molecular weight is 323 g/mol. The van der Waals surface area contributed by atoms with Gasteiger partial charge in [-0.15, -0.1) is 11.3 Å². The van der Waals surface area contributed by atoms with E-state index in [1.54, 1.807) is 12.1 Å². The van der Waals surface area contributed by atoms with Gasteiger partial charge in [0.15, 0.2) is 6.61 Å². The Bertz CT molecular complexity index is 614. The van der Waals surface area contributed by atoms with Crippen LogP contribution < -0.4 is 4.74 Å². The predicted octanol–water partition coefficient (Wildman–Crippen LogP) is 5.35. The molecule has 0 aliphatic carbocycles. The number of hydrogen-bond acceptors (Lipinski definition) is 3.